The van der Waals surface area contributed by atoms with Crippen LogP contribution in [0.2, 0.25) is 0 Å². The molecule has 0 bridgehead atoms. The lowest BCUT2D eigenvalue weighted by atomic mass is 9.98. The number of nitrogens with one attached hydrogen (secondary N) is 1. The Morgan fingerprint density at radius 1 is 0.926 bits per heavy atom. The molecular formula is C24H33N2O+. The highest BCUT2D eigenvalue weighted by atomic mass is 16.1. The molecule has 1 fully saturated rings. The van der Waals surface area contributed by atoms with E-state index in [1.54, 1.807) is 4.90 Å². The normalized spacial score (nSPS) is 16.6. The van der Waals surface area contributed by atoms with E-state index in [0.717, 1.165) is 38.0 Å². The van der Waals surface area contributed by atoms with Crippen LogP contribution in [0.4, 0.5) is 5.69 Å². The molecule has 1 atom stereocenters. The first kappa shape index (κ1) is 19.6. The van der Waals surface area contributed by atoms with Gasteiger partial charge >= 0.3 is 0 Å². The zero-order valence-electron chi connectivity index (χ0n) is 17.4. The molecule has 1 N–H and O–H groups in total. The number of benzene rings is 2. The van der Waals surface area contributed by atoms with Gasteiger partial charge in [-0.05, 0) is 55.5 Å². The Balaban J connectivity index is 1.67. The summed E-state index contributed by atoms with van der Waals surface area (Å²) in [6, 6.07) is 13.7. The molecule has 0 saturated carbocycles. The molecule has 3 heteroatoms. The molecule has 0 amide bonds. The molecule has 2 aromatic rings. The molecule has 1 heterocycles. The predicted molar refractivity (Wildman–Crippen MR) is 113 cm³/mol. The van der Waals surface area contributed by atoms with E-state index in [1.165, 1.54) is 27.9 Å². The molecule has 0 unspecified atom stereocenters. The van der Waals surface area contributed by atoms with Crippen molar-refractivity contribution in [2.24, 2.45) is 0 Å². The quantitative estimate of drug-likeness (QED) is 0.817. The van der Waals surface area contributed by atoms with Gasteiger partial charge in [-0.2, -0.15) is 0 Å². The van der Waals surface area contributed by atoms with Gasteiger partial charge in [0.2, 0.25) is 0 Å². The summed E-state index contributed by atoms with van der Waals surface area (Å²) in [5.41, 5.74) is 7.35. The number of quaternary nitrogens is 1. The highest BCUT2D eigenvalue weighted by Crippen LogP contribution is 2.26. The maximum Gasteiger partial charge on any atom is 0.150 e. The average molecular weight is 366 g/mol. The third-order valence-electron chi connectivity index (χ3n) is 6.09. The Morgan fingerprint density at radius 3 is 1.93 bits per heavy atom. The largest absolute Gasteiger partial charge is 0.360 e. The fraction of sp³-hybridized carbons (Fsp3) is 0.458. The number of aldehydes is 1. The van der Waals surface area contributed by atoms with Crippen molar-refractivity contribution in [3.05, 3.63) is 64.2 Å². The first-order valence-electron chi connectivity index (χ1n) is 10.2. The van der Waals surface area contributed by atoms with E-state index >= 15 is 0 Å². The second-order valence-corrected chi connectivity index (χ2v) is 8.31. The fourth-order valence-corrected chi connectivity index (χ4v) is 4.41. The van der Waals surface area contributed by atoms with Gasteiger partial charge in [-0.1, -0.05) is 38.1 Å². The van der Waals surface area contributed by atoms with E-state index in [0.29, 0.717) is 12.0 Å². The lowest BCUT2D eigenvalue weighted by molar-refractivity contribution is -0.930. The Labute approximate surface area is 164 Å². The summed E-state index contributed by atoms with van der Waals surface area (Å²) < 4.78 is 0. The first-order chi connectivity index (χ1) is 12.9. The molecule has 1 aliphatic heterocycles. The Hall–Kier alpha value is -2.13. The molecule has 144 valence electrons. The highest BCUT2D eigenvalue weighted by molar-refractivity contribution is 5.78. The van der Waals surface area contributed by atoms with E-state index < -0.39 is 0 Å². The van der Waals surface area contributed by atoms with Gasteiger partial charge in [-0.15, -0.1) is 0 Å². The zero-order valence-corrected chi connectivity index (χ0v) is 17.4. The van der Waals surface area contributed by atoms with Gasteiger partial charge in [0.25, 0.3) is 0 Å². The third-order valence-corrected chi connectivity index (χ3v) is 6.09. The van der Waals surface area contributed by atoms with Crippen molar-refractivity contribution >= 4 is 12.0 Å². The van der Waals surface area contributed by atoms with Crippen LogP contribution in [0.15, 0.2) is 36.4 Å². The van der Waals surface area contributed by atoms with E-state index in [2.05, 4.69) is 63.8 Å². The van der Waals surface area contributed by atoms with Gasteiger partial charge in [0.05, 0.1) is 26.2 Å². The minimum atomic E-state index is 0.521. The van der Waals surface area contributed by atoms with Crippen LogP contribution in [0.1, 0.15) is 65.3 Å². The molecule has 1 saturated heterocycles. The van der Waals surface area contributed by atoms with Crippen LogP contribution in [-0.2, 0) is 0 Å². The number of hydrogen-bond donors (Lipinski definition) is 1. The predicted octanol–water partition coefficient (Wildman–Crippen LogP) is 3.71. The molecule has 0 aliphatic carbocycles. The molecular weight excluding hydrogens is 332 g/mol. The van der Waals surface area contributed by atoms with Crippen LogP contribution < -0.4 is 9.80 Å². The summed E-state index contributed by atoms with van der Waals surface area (Å²) in [5, 5.41) is 0. The molecule has 1 aliphatic rings. The van der Waals surface area contributed by atoms with Crippen LogP contribution in [-0.4, -0.2) is 32.5 Å². The number of carbonyl (C=O) groups excluding carboxylic acids is 1. The number of rotatable bonds is 5. The topological polar surface area (TPSA) is 24.8 Å². The number of carbonyl (C=O) groups is 1. The molecule has 2 aromatic carbocycles. The molecule has 0 spiro atoms. The number of aryl methyl sites for hydroxylation is 2. The van der Waals surface area contributed by atoms with E-state index in [1.807, 2.05) is 12.1 Å². The van der Waals surface area contributed by atoms with Crippen molar-refractivity contribution < 1.29 is 9.69 Å². The van der Waals surface area contributed by atoms with Crippen molar-refractivity contribution in [2.45, 2.75) is 46.6 Å². The summed E-state index contributed by atoms with van der Waals surface area (Å²) >= 11 is 0. The minimum absolute atomic E-state index is 0.521. The smallest absolute Gasteiger partial charge is 0.150 e. The van der Waals surface area contributed by atoms with Gasteiger partial charge in [-0.3, -0.25) is 4.79 Å². The third kappa shape index (κ3) is 4.24. The van der Waals surface area contributed by atoms with Crippen LogP contribution in [0.5, 0.6) is 0 Å². The fourth-order valence-electron chi connectivity index (χ4n) is 4.41. The summed E-state index contributed by atoms with van der Waals surface area (Å²) in [4.78, 5) is 15.2. The monoisotopic (exact) mass is 365 g/mol. The first-order valence-corrected chi connectivity index (χ1v) is 10.2. The lowest BCUT2D eigenvalue weighted by Crippen LogP contribution is -3.14. The van der Waals surface area contributed by atoms with Crippen molar-refractivity contribution in [3.63, 3.8) is 0 Å². The van der Waals surface area contributed by atoms with Gasteiger partial charge < -0.3 is 9.80 Å². The van der Waals surface area contributed by atoms with Crippen molar-refractivity contribution in [1.29, 1.82) is 0 Å². The summed E-state index contributed by atoms with van der Waals surface area (Å²) in [6.45, 7) is 15.5. The van der Waals surface area contributed by atoms with Gasteiger partial charge in [0.1, 0.15) is 12.3 Å². The summed E-state index contributed by atoms with van der Waals surface area (Å²) in [6.07, 6.45) is 0.943. The Morgan fingerprint density at radius 2 is 1.44 bits per heavy atom. The van der Waals surface area contributed by atoms with Crippen LogP contribution >= 0.6 is 0 Å². The lowest BCUT2D eigenvalue weighted by Gasteiger charge is -2.38. The number of piperazine rings is 1. The number of nitrogens with zero attached hydrogens (tertiary/aromatic N) is 1. The van der Waals surface area contributed by atoms with Crippen molar-refractivity contribution in [1.82, 2.24) is 0 Å². The van der Waals surface area contributed by atoms with Gasteiger partial charge in [-0.25, -0.2) is 0 Å². The van der Waals surface area contributed by atoms with E-state index in [-0.39, 0.29) is 0 Å². The second-order valence-electron chi connectivity index (χ2n) is 8.31. The molecule has 3 rings (SSSR count). The Bertz CT molecular complexity index is 764. The SMILES string of the molecule is Cc1cc(C=O)cc(C)c1N1CC[NH+]([C@H](C)c2ccc(C(C)C)cc2)CC1. The highest BCUT2D eigenvalue weighted by Gasteiger charge is 2.27. The number of hydrogen-bond acceptors (Lipinski definition) is 2. The molecule has 0 aromatic heterocycles. The molecule has 27 heavy (non-hydrogen) atoms. The van der Waals surface area contributed by atoms with E-state index in [9.17, 15) is 4.79 Å². The standard InChI is InChI=1S/C24H32N2O/c1-17(2)22-6-8-23(9-7-22)20(5)25-10-12-26(13-11-25)24-18(3)14-21(16-27)15-19(24)4/h6-9,14-17,20H,10-13H2,1-5H3/p+1/t20-/m1/s1. The zero-order chi connectivity index (χ0) is 19.6. The van der Waals surface area contributed by atoms with Crippen LogP contribution in [0.25, 0.3) is 0 Å². The summed E-state index contributed by atoms with van der Waals surface area (Å²) in [5.74, 6) is 0.585. The maximum atomic E-state index is 11.1. The van der Waals surface area contributed by atoms with Crippen molar-refractivity contribution in [2.75, 3.05) is 31.1 Å². The van der Waals surface area contributed by atoms with Gasteiger partial charge in [0.15, 0.2) is 0 Å². The van der Waals surface area contributed by atoms with Crippen LogP contribution in [0, 0.1) is 13.8 Å². The van der Waals surface area contributed by atoms with Crippen molar-refractivity contribution in [3.8, 4) is 0 Å². The number of anilines is 1. The van der Waals surface area contributed by atoms with Crippen LogP contribution in [0.3, 0.4) is 0 Å². The second kappa shape index (κ2) is 8.26. The Kier molecular flexibility index (Phi) is 6.01. The average Bonchev–Trinajstić information content (AvgIpc) is 2.67. The summed E-state index contributed by atoms with van der Waals surface area (Å²) in [7, 11) is 0. The molecule has 3 nitrogen and oxygen atoms in total. The van der Waals surface area contributed by atoms with E-state index in [4.69, 9.17) is 0 Å². The maximum absolute atomic E-state index is 11.1. The van der Waals surface area contributed by atoms with Gasteiger partial charge in [0, 0.05) is 16.8 Å². The minimum Gasteiger partial charge on any atom is -0.360 e. The molecule has 0 radical (unpaired) electrons.